The monoisotopic (exact) mass is 459 g/mol. The first-order chi connectivity index (χ1) is 14.5. The molecule has 3 heterocycles. The highest BCUT2D eigenvalue weighted by Gasteiger charge is 2.15. The predicted octanol–water partition coefficient (Wildman–Crippen LogP) is 4.94. The summed E-state index contributed by atoms with van der Waals surface area (Å²) in [6.45, 7) is 2.16. The number of carbonyl (C=O) groups excluding carboxylic acids is 1. The Morgan fingerprint density at radius 2 is 2.10 bits per heavy atom. The van der Waals surface area contributed by atoms with Gasteiger partial charge in [-0.2, -0.15) is 0 Å². The lowest BCUT2D eigenvalue weighted by Crippen LogP contribution is -2.24. The lowest BCUT2D eigenvalue weighted by atomic mass is 10.2. The van der Waals surface area contributed by atoms with Crippen molar-refractivity contribution >= 4 is 56.2 Å². The van der Waals surface area contributed by atoms with Gasteiger partial charge in [-0.05, 0) is 53.9 Å². The van der Waals surface area contributed by atoms with Crippen LogP contribution >= 0.6 is 34.4 Å². The normalized spacial score (nSPS) is 11.1. The summed E-state index contributed by atoms with van der Waals surface area (Å²) in [6, 6.07) is 10.4. The van der Waals surface area contributed by atoms with Crippen LogP contribution in [0.25, 0.3) is 10.2 Å². The van der Waals surface area contributed by atoms with Crippen LogP contribution in [0.1, 0.15) is 10.4 Å². The predicted molar refractivity (Wildman–Crippen MR) is 122 cm³/mol. The number of hydrogen-bond donors (Lipinski definition) is 1. The smallest absolute Gasteiger partial charge is 0.272 e. The van der Waals surface area contributed by atoms with Gasteiger partial charge in [0.05, 0.1) is 11.3 Å². The van der Waals surface area contributed by atoms with Crippen molar-refractivity contribution in [2.75, 3.05) is 11.1 Å². The fourth-order valence-corrected chi connectivity index (χ4v) is 5.21. The molecule has 5 nitrogen and oxygen atoms in total. The number of benzene rings is 1. The van der Waals surface area contributed by atoms with Crippen LogP contribution in [-0.4, -0.2) is 21.2 Å². The number of amides is 1. The Hall–Kier alpha value is -2.49. The van der Waals surface area contributed by atoms with Gasteiger partial charge in [0.1, 0.15) is 10.5 Å². The minimum absolute atomic E-state index is 0.0661. The number of hydrogen-bond acceptors (Lipinski definition) is 6. The second-order valence-electron chi connectivity index (χ2n) is 6.62. The average molecular weight is 460 g/mol. The summed E-state index contributed by atoms with van der Waals surface area (Å²) >= 11 is 4.22. The first-order valence-electron chi connectivity index (χ1n) is 9.20. The number of thiophene rings is 2. The topological polar surface area (TPSA) is 64.0 Å². The molecule has 9 heteroatoms. The molecule has 1 amide bonds. The third kappa shape index (κ3) is 4.63. The number of thioether (sulfide) groups is 1. The number of aryl methyl sites for hydroxylation is 2. The van der Waals surface area contributed by atoms with E-state index >= 15 is 0 Å². The van der Waals surface area contributed by atoms with Crippen molar-refractivity contribution in [2.24, 2.45) is 0 Å². The van der Waals surface area contributed by atoms with E-state index in [-0.39, 0.29) is 23.0 Å². The van der Waals surface area contributed by atoms with Gasteiger partial charge in [0.15, 0.2) is 5.16 Å². The molecular weight excluding hydrogens is 441 g/mol. The van der Waals surface area contributed by atoms with E-state index in [0.717, 1.165) is 6.42 Å². The molecule has 0 spiro atoms. The lowest BCUT2D eigenvalue weighted by molar-refractivity contribution is -0.113. The molecule has 0 atom stereocenters. The lowest BCUT2D eigenvalue weighted by Gasteiger charge is -2.12. The van der Waals surface area contributed by atoms with Crippen molar-refractivity contribution in [2.45, 2.75) is 25.0 Å². The number of fused-ring (bicyclic) bond motifs is 1. The summed E-state index contributed by atoms with van der Waals surface area (Å²) < 4.78 is 16.0. The van der Waals surface area contributed by atoms with E-state index in [9.17, 15) is 14.0 Å². The van der Waals surface area contributed by atoms with E-state index in [1.165, 1.54) is 34.0 Å². The van der Waals surface area contributed by atoms with E-state index in [2.05, 4.69) is 10.3 Å². The number of anilines is 1. The quantitative estimate of drug-likeness (QED) is 0.314. The van der Waals surface area contributed by atoms with Gasteiger partial charge in [-0.15, -0.1) is 22.7 Å². The Balaban J connectivity index is 1.51. The number of nitrogens with zero attached hydrogens (tertiary/aromatic N) is 2. The maximum absolute atomic E-state index is 13.7. The number of nitrogens with one attached hydrogen (secondary N) is 1. The summed E-state index contributed by atoms with van der Waals surface area (Å²) in [6.07, 6.45) is 0.721. The molecule has 0 aliphatic carbocycles. The van der Waals surface area contributed by atoms with E-state index in [1.54, 1.807) is 35.0 Å². The van der Waals surface area contributed by atoms with Crippen molar-refractivity contribution in [3.05, 3.63) is 73.8 Å². The maximum atomic E-state index is 13.7. The SMILES string of the molecule is Cc1ccc(NC(=O)CSc2nc3ccsc3c(=O)n2CCc2cccs2)cc1F. The summed E-state index contributed by atoms with van der Waals surface area (Å²) in [5.41, 5.74) is 1.47. The minimum atomic E-state index is -0.368. The van der Waals surface area contributed by atoms with Crippen LogP contribution in [0.2, 0.25) is 0 Å². The van der Waals surface area contributed by atoms with Crippen LogP contribution in [0, 0.1) is 12.7 Å². The van der Waals surface area contributed by atoms with E-state index in [4.69, 9.17) is 0 Å². The highest BCUT2D eigenvalue weighted by molar-refractivity contribution is 7.99. The van der Waals surface area contributed by atoms with E-state index in [1.807, 2.05) is 29.0 Å². The summed E-state index contributed by atoms with van der Waals surface area (Å²) in [7, 11) is 0. The van der Waals surface area contributed by atoms with Gasteiger partial charge in [-0.3, -0.25) is 14.2 Å². The highest BCUT2D eigenvalue weighted by Crippen LogP contribution is 2.22. The number of rotatable bonds is 7. The third-order valence-corrected chi connectivity index (χ3v) is 7.28. The molecule has 154 valence electrons. The molecule has 0 bridgehead atoms. The van der Waals surface area contributed by atoms with E-state index in [0.29, 0.717) is 33.2 Å². The largest absolute Gasteiger partial charge is 0.325 e. The summed E-state index contributed by atoms with van der Waals surface area (Å²) in [4.78, 5) is 31.1. The number of aromatic nitrogens is 2. The molecule has 0 unspecified atom stereocenters. The van der Waals surface area contributed by atoms with Crippen LogP contribution in [0.4, 0.5) is 10.1 Å². The van der Waals surface area contributed by atoms with Crippen molar-refractivity contribution in [3.8, 4) is 0 Å². The Morgan fingerprint density at radius 3 is 2.87 bits per heavy atom. The molecule has 4 rings (SSSR count). The molecule has 0 fully saturated rings. The zero-order valence-electron chi connectivity index (χ0n) is 16.1. The maximum Gasteiger partial charge on any atom is 0.272 e. The fraction of sp³-hybridized carbons (Fsp3) is 0.190. The first kappa shape index (κ1) is 20.8. The molecule has 0 aliphatic heterocycles. The zero-order valence-corrected chi connectivity index (χ0v) is 18.5. The summed E-state index contributed by atoms with van der Waals surface area (Å²) in [5, 5.41) is 7.05. The van der Waals surface area contributed by atoms with Gasteiger partial charge in [-0.1, -0.05) is 23.9 Å². The van der Waals surface area contributed by atoms with Crippen molar-refractivity contribution < 1.29 is 9.18 Å². The van der Waals surface area contributed by atoms with Gasteiger partial charge < -0.3 is 5.32 Å². The van der Waals surface area contributed by atoms with Gasteiger partial charge in [0.25, 0.3) is 5.56 Å². The van der Waals surface area contributed by atoms with Crippen molar-refractivity contribution in [1.82, 2.24) is 9.55 Å². The molecule has 1 aromatic carbocycles. The Bertz CT molecular complexity index is 1250. The zero-order chi connectivity index (χ0) is 21.1. The minimum Gasteiger partial charge on any atom is -0.325 e. The first-order valence-corrected chi connectivity index (χ1v) is 11.9. The van der Waals surface area contributed by atoms with Gasteiger partial charge in [-0.25, -0.2) is 9.37 Å². The molecule has 0 saturated carbocycles. The fourth-order valence-electron chi connectivity index (χ4n) is 2.91. The second kappa shape index (κ2) is 9.11. The molecule has 0 saturated heterocycles. The molecule has 0 radical (unpaired) electrons. The Labute approximate surface area is 184 Å². The van der Waals surface area contributed by atoms with Gasteiger partial charge in [0.2, 0.25) is 5.91 Å². The number of halogens is 1. The average Bonchev–Trinajstić information content (AvgIpc) is 3.40. The standard InChI is InChI=1S/C21H18FN3O2S3/c1-13-4-5-14(11-16(13)22)23-18(26)12-30-21-24-17-7-10-29-19(17)20(27)25(21)8-6-15-3-2-9-28-15/h2-5,7,9-11H,6,8,12H2,1H3,(H,23,26). The van der Waals surface area contributed by atoms with Crippen molar-refractivity contribution in [3.63, 3.8) is 0 Å². The Morgan fingerprint density at radius 1 is 1.23 bits per heavy atom. The van der Waals surface area contributed by atoms with Crippen LogP contribution < -0.4 is 10.9 Å². The summed E-state index contributed by atoms with van der Waals surface area (Å²) in [5.74, 6) is -0.587. The molecule has 1 N–H and O–H groups in total. The highest BCUT2D eigenvalue weighted by atomic mass is 32.2. The Kier molecular flexibility index (Phi) is 6.31. The van der Waals surface area contributed by atoms with Gasteiger partial charge in [0, 0.05) is 17.1 Å². The number of carbonyl (C=O) groups is 1. The molecule has 4 aromatic rings. The van der Waals surface area contributed by atoms with E-state index < -0.39 is 0 Å². The van der Waals surface area contributed by atoms with Crippen LogP contribution in [-0.2, 0) is 17.8 Å². The molecule has 0 aliphatic rings. The van der Waals surface area contributed by atoms with Crippen molar-refractivity contribution in [1.29, 1.82) is 0 Å². The molecule has 3 aromatic heterocycles. The molecular formula is C21H18FN3O2S3. The van der Waals surface area contributed by atoms with Crippen LogP contribution in [0.3, 0.4) is 0 Å². The van der Waals surface area contributed by atoms with Crippen LogP contribution in [0.15, 0.2) is 57.1 Å². The second-order valence-corrected chi connectivity index (χ2v) is 9.51. The van der Waals surface area contributed by atoms with Gasteiger partial charge >= 0.3 is 0 Å². The molecule has 30 heavy (non-hydrogen) atoms. The third-order valence-electron chi connectivity index (χ3n) is 4.48. The van der Waals surface area contributed by atoms with Crippen LogP contribution in [0.5, 0.6) is 0 Å².